The monoisotopic (exact) mass is 980 g/mol. The molecule has 0 aliphatic heterocycles. The smallest absolute Gasteiger partial charge is 0.144 e. The van der Waals surface area contributed by atoms with Crippen LogP contribution in [0.3, 0.4) is 0 Å². The number of hydrogen-bond donors (Lipinski definition) is 0. The van der Waals surface area contributed by atoms with Crippen molar-refractivity contribution in [3.05, 3.63) is 194 Å². The molecule has 0 unspecified atom stereocenters. The summed E-state index contributed by atoms with van der Waals surface area (Å²) in [5.41, 5.74) is 13.4. The molecular formula is C54H53IrN3OSi. The molecule has 0 bridgehead atoms. The molecule has 6 heteroatoms. The Kier molecular flexibility index (Phi) is 14.2. The van der Waals surface area contributed by atoms with E-state index in [1.54, 1.807) is 0 Å². The van der Waals surface area contributed by atoms with Gasteiger partial charge in [-0.3, -0.25) is 15.0 Å². The standard InChI is InChI=1S/C29H27NO.C14H17NSi.C11H9N.Ir/c1-19-8-10-21(11-9-19)22-12-13-23-24-6-5-7-25(28(24)31-27(23)17-22)26-16-20(14-15-30-26)18-29(2,3)4;1-16(2,3)13-9-10-14(15-11-13)12-7-5-4-6-8-12;1-2-6-10(7-3-1)11-8-4-5-9-12-11;/h5-17H,18H2,1-4H3;4-11H,1-3H3;1-9H;. The molecule has 4 aromatic heterocycles. The van der Waals surface area contributed by atoms with E-state index in [-0.39, 0.29) is 25.5 Å². The minimum Gasteiger partial charge on any atom is -0.455 e. The number of aryl methyl sites for hydroxylation is 1. The normalized spacial score (nSPS) is 11.2. The van der Waals surface area contributed by atoms with E-state index >= 15 is 0 Å². The predicted octanol–water partition coefficient (Wildman–Crippen LogP) is 14.3. The maximum atomic E-state index is 6.42. The Morgan fingerprint density at radius 2 is 1.15 bits per heavy atom. The van der Waals surface area contributed by atoms with Gasteiger partial charge in [-0.25, -0.2) is 0 Å². The van der Waals surface area contributed by atoms with Crippen molar-refractivity contribution >= 4 is 35.2 Å². The number of benzene rings is 5. The molecule has 0 aliphatic carbocycles. The summed E-state index contributed by atoms with van der Waals surface area (Å²) in [7, 11) is -1.22. The quantitative estimate of drug-likeness (QED) is 0.156. The summed E-state index contributed by atoms with van der Waals surface area (Å²) < 4.78 is 6.42. The van der Waals surface area contributed by atoms with Crippen LogP contribution in [0.1, 0.15) is 31.9 Å². The number of fused-ring (bicyclic) bond motifs is 3. The second-order valence-electron chi connectivity index (χ2n) is 17.3. The maximum Gasteiger partial charge on any atom is 0.144 e. The summed E-state index contributed by atoms with van der Waals surface area (Å²) in [5.74, 6) is 0. The Morgan fingerprint density at radius 3 is 1.75 bits per heavy atom. The van der Waals surface area contributed by atoms with Gasteiger partial charge in [-0.1, -0.05) is 161 Å². The molecule has 9 aromatic rings. The molecule has 4 heterocycles. The Morgan fingerprint density at radius 1 is 0.517 bits per heavy atom. The van der Waals surface area contributed by atoms with E-state index in [9.17, 15) is 0 Å². The van der Waals surface area contributed by atoms with Gasteiger partial charge < -0.3 is 4.42 Å². The summed E-state index contributed by atoms with van der Waals surface area (Å²) in [5, 5.41) is 3.68. The SMILES string of the molecule is C[Si](C)(C)c1ccc(-c2ccccc2)nc1.Cc1ccc(-c2ccc3c(c2)oc2c(-c4cc(CC(C)(C)C)ccn4)cccc23)cc1.[Ir].c1ccc(-c2ccccn2)cc1. The molecule has 4 nitrogen and oxygen atoms in total. The number of nitrogens with zero attached hydrogens (tertiary/aromatic N) is 3. The van der Waals surface area contributed by atoms with Crippen LogP contribution < -0.4 is 5.19 Å². The van der Waals surface area contributed by atoms with Gasteiger partial charge in [0.2, 0.25) is 0 Å². The molecule has 0 amide bonds. The molecule has 0 fully saturated rings. The van der Waals surface area contributed by atoms with E-state index in [0.717, 1.165) is 56.6 Å². The molecular weight excluding hydrogens is 927 g/mol. The van der Waals surface area contributed by atoms with Crippen LogP contribution in [0.4, 0.5) is 0 Å². The van der Waals surface area contributed by atoms with E-state index in [0.29, 0.717) is 0 Å². The summed E-state index contributed by atoms with van der Waals surface area (Å²) in [6.45, 7) is 15.9. The first-order chi connectivity index (χ1) is 28.4. The molecule has 60 heavy (non-hydrogen) atoms. The van der Waals surface area contributed by atoms with Crippen LogP contribution in [0.2, 0.25) is 19.6 Å². The largest absolute Gasteiger partial charge is 0.455 e. The second-order valence-corrected chi connectivity index (χ2v) is 22.4. The van der Waals surface area contributed by atoms with E-state index in [1.165, 1.54) is 33.0 Å². The van der Waals surface area contributed by atoms with Gasteiger partial charge >= 0.3 is 0 Å². The van der Waals surface area contributed by atoms with Crippen molar-refractivity contribution in [3.63, 3.8) is 0 Å². The van der Waals surface area contributed by atoms with Gasteiger partial charge in [-0.2, -0.15) is 0 Å². The van der Waals surface area contributed by atoms with Crippen LogP contribution in [-0.4, -0.2) is 23.0 Å². The minimum absolute atomic E-state index is 0. The summed E-state index contributed by atoms with van der Waals surface area (Å²) in [4.78, 5) is 13.5. The van der Waals surface area contributed by atoms with Crippen molar-refractivity contribution in [2.45, 2.75) is 53.8 Å². The van der Waals surface area contributed by atoms with Crippen LogP contribution in [0, 0.1) is 12.3 Å². The van der Waals surface area contributed by atoms with Gasteiger partial charge in [0, 0.05) is 66.2 Å². The Hall–Kier alpha value is -5.78. The predicted molar refractivity (Wildman–Crippen MR) is 253 cm³/mol. The van der Waals surface area contributed by atoms with Crippen LogP contribution in [0.25, 0.3) is 66.8 Å². The van der Waals surface area contributed by atoms with Crippen LogP contribution in [0.5, 0.6) is 0 Å². The van der Waals surface area contributed by atoms with Crippen LogP contribution in [0.15, 0.2) is 187 Å². The van der Waals surface area contributed by atoms with Gasteiger partial charge in [0.1, 0.15) is 11.2 Å². The third kappa shape index (κ3) is 11.3. The molecule has 9 rings (SSSR count). The zero-order valence-electron chi connectivity index (χ0n) is 35.6. The first-order valence-electron chi connectivity index (χ1n) is 20.4. The van der Waals surface area contributed by atoms with Gasteiger partial charge in [-0.05, 0) is 89.2 Å². The Balaban J connectivity index is 0.000000173. The Bertz CT molecular complexity index is 2700. The molecule has 5 aromatic carbocycles. The van der Waals surface area contributed by atoms with E-state index in [2.05, 4.69) is 171 Å². The number of furan rings is 1. The van der Waals surface area contributed by atoms with Crippen LogP contribution in [-0.2, 0) is 26.5 Å². The van der Waals surface area contributed by atoms with Crippen LogP contribution >= 0.6 is 0 Å². The number of para-hydroxylation sites is 1. The maximum absolute atomic E-state index is 6.42. The average molecular weight is 980 g/mol. The van der Waals surface area contributed by atoms with Crippen molar-refractivity contribution in [2.75, 3.05) is 0 Å². The minimum atomic E-state index is -1.22. The summed E-state index contributed by atoms with van der Waals surface area (Å²) >= 11 is 0. The molecule has 0 N–H and O–H groups in total. The molecule has 0 spiro atoms. The molecule has 1 radical (unpaired) electrons. The topological polar surface area (TPSA) is 51.8 Å². The van der Waals surface area contributed by atoms with Gasteiger partial charge in [0.15, 0.2) is 0 Å². The first kappa shape index (κ1) is 43.8. The van der Waals surface area contributed by atoms with E-state index < -0.39 is 8.07 Å². The fraction of sp³-hybridized carbons (Fsp3) is 0.167. The van der Waals surface area contributed by atoms with E-state index in [1.807, 2.05) is 73.2 Å². The summed E-state index contributed by atoms with van der Waals surface area (Å²) in [6.07, 6.45) is 6.77. The summed E-state index contributed by atoms with van der Waals surface area (Å²) in [6, 6.07) is 56.5. The fourth-order valence-electron chi connectivity index (χ4n) is 7.03. The number of rotatable bonds is 6. The van der Waals surface area contributed by atoms with Gasteiger partial charge in [0.05, 0.1) is 25.2 Å². The van der Waals surface area contributed by atoms with Gasteiger partial charge in [0.25, 0.3) is 0 Å². The fourth-order valence-corrected chi connectivity index (χ4v) is 8.06. The third-order valence-electron chi connectivity index (χ3n) is 10.2. The Labute approximate surface area is 370 Å². The molecule has 0 atom stereocenters. The molecule has 0 saturated heterocycles. The van der Waals surface area contributed by atoms with Crippen molar-refractivity contribution < 1.29 is 24.5 Å². The molecule has 0 aliphatic rings. The van der Waals surface area contributed by atoms with Gasteiger partial charge in [-0.15, -0.1) is 0 Å². The number of aromatic nitrogens is 3. The average Bonchev–Trinajstić information content (AvgIpc) is 3.63. The number of pyridine rings is 3. The zero-order valence-corrected chi connectivity index (χ0v) is 39.0. The second kappa shape index (κ2) is 19.5. The third-order valence-corrected chi connectivity index (χ3v) is 12.2. The van der Waals surface area contributed by atoms with Crippen molar-refractivity contribution in [2.24, 2.45) is 5.41 Å². The number of hydrogen-bond acceptors (Lipinski definition) is 4. The molecule has 303 valence electrons. The van der Waals surface area contributed by atoms with E-state index in [4.69, 9.17) is 4.42 Å². The van der Waals surface area contributed by atoms with Crippen molar-refractivity contribution in [3.8, 4) is 44.9 Å². The van der Waals surface area contributed by atoms with Crippen molar-refractivity contribution in [1.29, 1.82) is 0 Å². The molecule has 0 saturated carbocycles. The first-order valence-corrected chi connectivity index (χ1v) is 23.9. The van der Waals surface area contributed by atoms with Crippen molar-refractivity contribution in [1.82, 2.24) is 15.0 Å². The zero-order chi connectivity index (χ0) is 41.4.